The lowest BCUT2D eigenvalue weighted by Gasteiger charge is -2.11. The van der Waals surface area contributed by atoms with E-state index in [0.717, 1.165) is 12.1 Å². The van der Waals surface area contributed by atoms with E-state index in [1.807, 2.05) is 0 Å². The Morgan fingerprint density at radius 3 is 2.76 bits per heavy atom. The van der Waals surface area contributed by atoms with Crippen molar-refractivity contribution in [1.29, 1.82) is 0 Å². The number of nitrogens with one attached hydrogen (secondary N) is 2. The summed E-state index contributed by atoms with van der Waals surface area (Å²) in [5.74, 6) is -0.00513. The molecule has 8 heteroatoms. The number of alkyl halides is 3. The standard InChI is InChI=1S/C17H18F3N3O2/c1-25-9-3-7-22-16(24)12-6-8-21-15(10-12)23-14-5-2-4-13(11-14)17(18,19)20/h2,4-6,8,10-11H,3,7,9H2,1H3,(H,21,23)(H,22,24). The number of pyridine rings is 1. The van der Waals surface area contributed by atoms with Crippen LogP contribution in [0.25, 0.3) is 0 Å². The molecule has 1 amide bonds. The normalized spacial score (nSPS) is 11.2. The van der Waals surface area contributed by atoms with Crippen molar-refractivity contribution in [1.82, 2.24) is 10.3 Å². The van der Waals surface area contributed by atoms with Crippen LogP contribution in [0.2, 0.25) is 0 Å². The van der Waals surface area contributed by atoms with Crippen LogP contribution in [0.3, 0.4) is 0 Å². The highest BCUT2D eigenvalue weighted by Crippen LogP contribution is 2.31. The molecule has 1 heterocycles. The van der Waals surface area contributed by atoms with Crippen molar-refractivity contribution in [2.24, 2.45) is 0 Å². The summed E-state index contributed by atoms with van der Waals surface area (Å²) in [5, 5.41) is 5.51. The molecule has 0 bridgehead atoms. The van der Waals surface area contributed by atoms with Crippen LogP contribution in [-0.2, 0) is 10.9 Å². The maximum absolute atomic E-state index is 12.7. The third-order valence-electron chi connectivity index (χ3n) is 3.30. The SMILES string of the molecule is COCCCNC(=O)c1ccnc(Nc2cccc(C(F)(F)F)c2)c1. The maximum atomic E-state index is 12.7. The molecule has 0 aliphatic rings. The molecular formula is C17H18F3N3O2. The van der Waals surface area contributed by atoms with Gasteiger partial charge in [0.05, 0.1) is 5.56 Å². The van der Waals surface area contributed by atoms with Gasteiger partial charge in [0.25, 0.3) is 5.91 Å². The summed E-state index contributed by atoms with van der Waals surface area (Å²) >= 11 is 0. The average molecular weight is 353 g/mol. The fraction of sp³-hybridized carbons (Fsp3) is 0.294. The molecule has 2 rings (SSSR count). The Kier molecular flexibility index (Phi) is 6.35. The van der Waals surface area contributed by atoms with Gasteiger partial charge in [0.2, 0.25) is 0 Å². The van der Waals surface area contributed by atoms with E-state index >= 15 is 0 Å². The lowest BCUT2D eigenvalue weighted by molar-refractivity contribution is -0.137. The van der Waals surface area contributed by atoms with Crippen molar-refractivity contribution >= 4 is 17.4 Å². The number of aromatic nitrogens is 1. The summed E-state index contributed by atoms with van der Waals surface area (Å²) in [6, 6.07) is 7.78. The molecule has 0 atom stereocenters. The van der Waals surface area contributed by atoms with E-state index in [2.05, 4.69) is 15.6 Å². The molecule has 1 aromatic carbocycles. The molecule has 0 aliphatic carbocycles. The van der Waals surface area contributed by atoms with E-state index < -0.39 is 11.7 Å². The maximum Gasteiger partial charge on any atom is 0.416 e. The Labute approximate surface area is 143 Å². The van der Waals surface area contributed by atoms with Crippen LogP contribution in [-0.4, -0.2) is 31.2 Å². The highest BCUT2D eigenvalue weighted by atomic mass is 19.4. The molecule has 0 unspecified atom stereocenters. The quantitative estimate of drug-likeness (QED) is 0.747. The van der Waals surface area contributed by atoms with Crippen LogP contribution in [0.15, 0.2) is 42.6 Å². The molecule has 2 aromatic rings. The van der Waals surface area contributed by atoms with Crippen LogP contribution in [0.4, 0.5) is 24.7 Å². The zero-order chi connectivity index (χ0) is 18.3. The number of hydrogen-bond acceptors (Lipinski definition) is 4. The van der Waals surface area contributed by atoms with Gasteiger partial charge in [0.1, 0.15) is 5.82 Å². The Morgan fingerprint density at radius 1 is 1.24 bits per heavy atom. The minimum Gasteiger partial charge on any atom is -0.385 e. The fourth-order valence-electron chi connectivity index (χ4n) is 2.08. The molecule has 1 aromatic heterocycles. The van der Waals surface area contributed by atoms with Gasteiger partial charge in [-0.1, -0.05) is 6.07 Å². The van der Waals surface area contributed by atoms with Crippen LogP contribution in [0.5, 0.6) is 0 Å². The molecule has 0 fully saturated rings. The zero-order valence-electron chi connectivity index (χ0n) is 13.6. The summed E-state index contributed by atoms with van der Waals surface area (Å²) < 4.78 is 43.1. The van der Waals surface area contributed by atoms with Crippen molar-refractivity contribution in [3.63, 3.8) is 0 Å². The lowest BCUT2D eigenvalue weighted by Crippen LogP contribution is -2.25. The number of benzene rings is 1. The second-order valence-corrected chi connectivity index (χ2v) is 5.24. The number of amides is 1. The van der Waals surface area contributed by atoms with E-state index in [0.29, 0.717) is 25.1 Å². The molecule has 0 spiro atoms. The van der Waals surface area contributed by atoms with Crippen LogP contribution in [0, 0.1) is 0 Å². The largest absolute Gasteiger partial charge is 0.416 e. The first-order chi connectivity index (χ1) is 11.9. The summed E-state index contributed by atoms with van der Waals surface area (Å²) in [7, 11) is 1.58. The molecule has 134 valence electrons. The van der Waals surface area contributed by atoms with Crippen molar-refractivity contribution in [3.8, 4) is 0 Å². The Bertz CT molecular complexity index is 720. The van der Waals surface area contributed by atoms with Gasteiger partial charge in [-0.05, 0) is 36.8 Å². The van der Waals surface area contributed by atoms with Crippen LogP contribution < -0.4 is 10.6 Å². The van der Waals surface area contributed by atoms with Crippen molar-refractivity contribution in [2.45, 2.75) is 12.6 Å². The van der Waals surface area contributed by atoms with Crippen molar-refractivity contribution < 1.29 is 22.7 Å². The first-order valence-electron chi connectivity index (χ1n) is 7.57. The minimum atomic E-state index is -4.42. The van der Waals surface area contributed by atoms with Gasteiger partial charge in [-0.15, -0.1) is 0 Å². The monoisotopic (exact) mass is 353 g/mol. The molecule has 2 N–H and O–H groups in total. The molecular weight excluding hydrogens is 335 g/mol. The van der Waals surface area contributed by atoms with Gasteiger partial charge >= 0.3 is 6.18 Å². The number of rotatable bonds is 7. The van der Waals surface area contributed by atoms with Crippen molar-refractivity contribution in [3.05, 3.63) is 53.7 Å². The Balaban J connectivity index is 2.05. The lowest BCUT2D eigenvalue weighted by atomic mass is 10.2. The summed E-state index contributed by atoms with van der Waals surface area (Å²) in [4.78, 5) is 16.1. The molecule has 0 aliphatic heterocycles. The summed E-state index contributed by atoms with van der Waals surface area (Å²) in [5.41, 5.74) is -0.161. The zero-order valence-corrected chi connectivity index (χ0v) is 13.6. The van der Waals surface area contributed by atoms with Gasteiger partial charge in [0, 0.05) is 37.7 Å². The van der Waals surface area contributed by atoms with E-state index in [4.69, 9.17) is 4.74 Å². The van der Waals surface area contributed by atoms with Gasteiger partial charge in [-0.3, -0.25) is 4.79 Å². The summed E-state index contributed by atoms with van der Waals surface area (Å²) in [6.07, 6.45) is -2.32. The van der Waals surface area contributed by atoms with Gasteiger partial charge in [-0.2, -0.15) is 13.2 Å². The number of hydrogen-bond donors (Lipinski definition) is 2. The van der Waals surface area contributed by atoms with E-state index in [9.17, 15) is 18.0 Å². The first-order valence-corrected chi connectivity index (χ1v) is 7.57. The smallest absolute Gasteiger partial charge is 0.385 e. The number of carbonyl (C=O) groups is 1. The van der Waals surface area contributed by atoms with E-state index in [-0.39, 0.29) is 17.4 Å². The number of ether oxygens (including phenoxy) is 1. The van der Waals surface area contributed by atoms with Crippen LogP contribution in [0.1, 0.15) is 22.3 Å². The molecule has 0 radical (unpaired) electrons. The topological polar surface area (TPSA) is 63.2 Å². The molecule has 0 saturated heterocycles. The van der Waals surface area contributed by atoms with Gasteiger partial charge in [0.15, 0.2) is 0 Å². The van der Waals surface area contributed by atoms with Crippen molar-refractivity contribution in [2.75, 3.05) is 25.6 Å². The number of nitrogens with zero attached hydrogens (tertiary/aromatic N) is 1. The Hall–Kier alpha value is -2.61. The van der Waals surface area contributed by atoms with E-state index in [1.165, 1.54) is 30.5 Å². The second-order valence-electron chi connectivity index (χ2n) is 5.24. The Morgan fingerprint density at radius 2 is 2.04 bits per heavy atom. The molecule has 5 nitrogen and oxygen atoms in total. The minimum absolute atomic E-state index is 0.236. The predicted octanol–water partition coefficient (Wildman–Crippen LogP) is 3.61. The summed E-state index contributed by atoms with van der Waals surface area (Å²) in [6.45, 7) is 1.00. The third-order valence-corrected chi connectivity index (χ3v) is 3.30. The highest BCUT2D eigenvalue weighted by molar-refractivity contribution is 5.94. The number of anilines is 2. The van der Waals surface area contributed by atoms with Gasteiger partial charge in [-0.25, -0.2) is 4.98 Å². The predicted molar refractivity (Wildman–Crippen MR) is 87.8 cm³/mol. The first kappa shape index (κ1) is 18.7. The third kappa shape index (κ3) is 5.75. The molecule has 25 heavy (non-hydrogen) atoms. The highest BCUT2D eigenvalue weighted by Gasteiger charge is 2.30. The van der Waals surface area contributed by atoms with E-state index in [1.54, 1.807) is 7.11 Å². The second kappa shape index (κ2) is 8.48. The van der Waals surface area contributed by atoms with Gasteiger partial charge < -0.3 is 15.4 Å². The number of methoxy groups -OCH3 is 1. The number of halogens is 3. The fourth-order valence-corrected chi connectivity index (χ4v) is 2.08. The van der Waals surface area contributed by atoms with Crippen LogP contribution >= 0.6 is 0 Å². The molecule has 0 saturated carbocycles. The average Bonchev–Trinajstić information content (AvgIpc) is 2.58. The number of carbonyl (C=O) groups excluding carboxylic acids is 1.